The third kappa shape index (κ3) is 4.13. The first-order valence-corrected chi connectivity index (χ1v) is 8.75. The molecule has 1 aliphatic carbocycles. The highest BCUT2D eigenvalue weighted by atomic mass is 16.5. The fourth-order valence-electron chi connectivity index (χ4n) is 3.38. The molecule has 6 heteroatoms. The maximum absolute atomic E-state index is 12.4. The van der Waals surface area contributed by atoms with Crippen molar-refractivity contribution in [1.29, 1.82) is 0 Å². The topological polar surface area (TPSA) is 65.4 Å². The molecule has 0 spiro atoms. The van der Waals surface area contributed by atoms with Gasteiger partial charge in [-0.3, -0.25) is 4.79 Å². The number of ether oxygens (including phenoxy) is 2. The van der Waals surface area contributed by atoms with E-state index in [0.717, 1.165) is 35.7 Å². The molecule has 1 N–H and O–H groups in total. The monoisotopic (exact) mass is 343 g/mol. The molecule has 1 heterocycles. The number of rotatable bonds is 7. The summed E-state index contributed by atoms with van der Waals surface area (Å²) >= 11 is 0. The van der Waals surface area contributed by atoms with E-state index < -0.39 is 0 Å². The standard InChI is InChI=1S/C19H25N3O3/c1-24-16-8-9-17(25-2)14(13-16)7-10-19(23)21-18-11-12-20-22(18)15-5-3-4-6-15/h8-9,11-13,15H,3-7,10H2,1-2H3,(H,21,23). The second kappa shape index (κ2) is 8.05. The number of hydrogen-bond donors (Lipinski definition) is 1. The molecule has 0 atom stereocenters. The minimum absolute atomic E-state index is 0.0235. The Morgan fingerprint density at radius 2 is 2.04 bits per heavy atom. The summed E-state index contributed by atoms with van der Waals surface area (Å²) in [5, 5.41) is 7.38. The Kier molecular flexibility index (Phi) is 5.58. The lowest BCUT2D eigenvalue weighted by molar-refractivity contribution is -0.116. The quantitative estimate of drug-likeness (QED) is 0.834. The van der Waals surface area contributed by atoms with E-state index >= 15 is 0 Å². The number of hydrogen-bond acceptors (Lipinski definition) is 4. The molecule has 1 saturated carbocycles. The molecular formula is C19H25N3O3. The summed E-state index contributed by atoms with van der Waals surface area (Å²) in [5.41, 5.74) is 0.960. The zero-order valence-corrected chi connectivity index (χ0v) is 14.8. The summed E-state index contributed by atoms with van der Waals surface area (Å²) < 4.78 is 12.6. The van der Waals surface area contributed by atoms with Gasteiger partial charge in [0.25, 0.3) is 0 Å². The minimum atomic E-state index is -0.0235. The van der Waals surface area contributed by atoms with Crippen molar-refractivity contribution in [1.82, 2.24) is 9.78 Å². The Morgan fingerprint density at radius 1 is 1.24 bits per heavy atom. The first-order chi connectivity index (χ1) is 12.2. The van der Waals surface area contributed by atoms with Crippen molar-refractivity contribution in [3.63, 3.8) is 0 Å². The lowest BCUT2D eigenvalue weighted by atomic mass is 10.1. The lowest BCUT2D eigenvalue weighted by Gasteiger charge is -2.15. The summed E-state index contributed by atoms with van der Waals surface area (Å²) in [5.74, 6) is 2.29. The summed E-state index contributed by atoms with van der Waals surface area (Å²) in [4.78, 5) is 12.4. The van der Waals surface area contributed by atoms with Gasteiger partial charge in [0.15, 0.2) is 0 Å². The normalized spacial score (nSPS) is 14.5. The van der Waals surface area contributed by atoms with E-state index in [1.54, 1.807) is 20.4 Å². The van der Waals surface area contributed by atoms with Crippen molar-refractivity contribution < 1.29 is 14.3 Å². The minimum Gasteiger partial charge on any atom is -0.497 e. The smallest absolute Gasteiger partial charge is 0.225 e. The second-order valence-corrected chi connectivity index (χ2v) is 6.33. The van der Waals surface area contributed by atoms with Gasteiger partial charge in [0, 0.05) is 12.5 Å². The number of anilines is 1. The van der Waals surface area contributed by atoms with Crippen LogP contribution in [0.5, 0.6) is 11.5 Å². The molecule has 25 heavy (non-hydrogen) atoms. The Morgan fingerprint density at radius 3 is 2.76 bits per heavy atom. The molecule has 134 valence electrons. The number of nitrogens with zero attached hydrogens (tertiary/aromatic N) is 2. The molecule has 0 aliphatic heterocycles. The first kappa shape index (κ1) is 17.3. The van der Waals surface area contributed by atoms with Crippen LogP contribution in [0, 0.1) is 0 Å². The average Bonchev–Trinajstić information content (AvgIpc) is 3.31. The number of amides is 1. The Labute approximate surface area is 148 Å². The molecule has 2 aromatic rings. The van der Waals surface area contributed by atoms with E-state index in [1.807, 2.05) is 28.9 Å². The third-order valence-electron chi connectivity index (χ3n) is 4.72. The maximum Gasteiger partial charge on any atom is 0.225 e. The largest absolute Gasteiger partial charge is 0.497 e. The fraction of sp³-hybridized carbons (Fsp3) is 0.474. The molecule has 0 bridgehead atoms. The molecule has 1 aliphatic rings. The highest BCUT2D eigenvalue weighted by Crippen LogP contribution is 2.31. The first-order valence-electron chi connectivity index (χ1n) is 8.75. The number of nitrogens with one attached hydrogen (secondary N) is 1. The van der Waals surface area contributed by atoms with Crippen LogP contribution in [0.2, 0.25) is 0 Å². The van der Waals surface area contributed by atoms with Gasteiger partial charge in [-0.05, 0) is 43.0 Å². The SMILES string of the molecule is COc1ccc(OC)c(CCC(=O)Nc2ccnn2C2CCCC2)c1. The molecule has 1 fully saturated rings. The van der Waals surface area contributed by atoms with Crippen molar-refractivity contribution in [2.45, 2.75) is 44.6 Å². The van der Waals surface area contributed by atoms with Gasteiger partial charge in [-0.1, -0.05) is 12.8 Å². The maximum atomic E-state index is 12.4. The number of benzene rings is 1. The van der Waals surface area contributed by atoms with Gasteiger partial charge >= 0.3 is 0 Å². The molecule has 1 aromatic heterocycles. The van der Waals surface area contributed by atoms with Crippen molar-refractivity contribution in [3.05, 3.63) is 36.0 Å². The average molecular weight is 343 g/mol. The Balaban J connectivity index is 1.61. The predicted octanol–water partition coefficient (Wildman–Crippen LogP) is 3.59. The summed E-state index contributed by atoms with van der Waals surface area (Å²) in [6.07, 6.45) is 7.43. The van der Waals surface area contributed by atoms with Crippen LogP contribution in [0.4, 0.5) is 5.82 Å². The van der Waals surface area contributed by atoms with Gasteiger partial charge < -0.3 is 14.8 Å². The number of carbonyl (C=O) groups is 1. The fourth-order valence-corrected chi connectivity index (χ4v) is 3.38. The predicted molar refractivity (Wildman–Crippen MR) is 96.2 cm³/mol. The van der Waals surface area contributed by atoms with E-state index in [1.165, 1.54) is 12.8 Å². The van der Waals surface area contributed by atoms with Crippen LogP contribution in [0.1, 0.15) is 43.7 Å². The van der Waals surface area contributed by atoms with E-state index in [0.29, 0.717) is 18.9 Å². The van der Waals surface area contributed by atoms with Gasteiger partial charge in [-0.2, -0.15) is 5.10 Å². The number of aryl methyl sites for hydroxylation is 1. The highest BCUT2D eigenvalue weighted by molar-refractivity contribution is 5.90. The van der Waals surface area contributed by atoms with Gasteiger partial charge in [-0.25, -0.2) is 4.68 Å². The molecule has 0 saturated heterocycles. The Hall–Kier alpha value is -2.50. The van der Waals surface area contributed by atoms with Crippen molar-refractivity contribution >= 4 is 11.7 Å². The van der Waals surface area contributed by atoms with Crippen LogP contribution >= 0.6 is 0 Å². The van der Waals surface area contributed by atoms with Gasteiger partial charge in [0.1, 0.15) is 17.3 Å². The van der Waals surface area contributed by atoms with Crippen LogP contribution in [0.3, 0.4) is 0 Å². The number of methoxy groups -OCH3 is 2. The van der Waals surface area contributed by atoms with Gasteiger partial charge in [0.05, 0.1) is 26.5 Å². The molecule has 0 radical (unpaired) electrons. The zero-order chi connectivity index (χ0) is 17.6. The number of carbonyl (C=O) groups excluding carboxylic acids is 1. The Bertz CT molecular complexity index is 720. The van der Waals surface area contributed by atoms with Crippen molar-refractivity contribution in [2.24, 2.45) is 0 Å². The molecule has 3 rings (SSSR count). The van der Waals surface area contributed by atoms with Crippen molar-refractivity contribution in [3.8, 4) is 11.5 Å². The zero-order valence-electron chi connectivity index (χ0n) is 14.8. The third-order valence-corrected chi connectivity index (χ3v) is 4.72. The summed E-state index contributed by atoms with van der Waals surface area (Å²) in [6, 6.07) is 7.89. The van der Waals surface area contributed by atoms with Gasteiger partial charge in [-0.15, -0.1) is 0 Å². The van der Waals surface area contributed by atoms with E-state index in [9.17, 15) is 4.79 Å². The molecule has 1 amide bonds. The van der Waals surface area contributed by atoms with E-state index in [-0.39, 0.29) is 5.91 Å². The lowest BCUT2D eigenvalue weighted by Crippen LogP contribution is -2.18. The van der Waals surface area contributed by atoms with E-state index in [4.69, 9.17) is 9.47 Å². The van der Waals surface area contributed by atoms with Gasteiger partial charge in [0.2, 0.25) is 5.91 Å². The van der Waals surface area contributed by atoms with E-state index in [2.05, 4.69) is 10.4 Å². The molecule has 6 nitrogen and oxygen atoms in total. The molecule has 0 unspecified atom stereocenters. The van der Waals surface area contributed by atoms with Crippen LogP contribution in [-0.4, -0.2) is 29.9 Å². The highest BCUT2D eigenvalue weighted by Gasteiger charge is 2.20. The van der Waals surface area contributed by atoms with Crippen LogP contribution in [-0.2, 0) is 11.2 Å². The van der Waals surface area contributed by atoms with Crippen LogP contribution in [0.15, 0.2) is 30.5 Å². The summed E-state index contributed by atoms with van der Waals surface area (Å²) in [6.45, 7) is 0. The summed E-state index contributed by atoms with van der Waals surface area (Å²) in [7, 11) is 3.26. The molecule has 1 aromatic carbocycles. The van der Waals surface area contributed by atoms with Crippen LogP contribution in [0.25, 0.3) is 0 Å². The number of aromatic nitrogens is 2. The van der Waals surface area contributed by atoms with Crippen molar-refractivity contribution in [2.75, 3.05) is 19.5 Å². The van der Waals surface area contributed by atoms with Crippen LogP contribution < -0.4 is 14.8 Å². The molecular weight excluding hydrogens is 318 g/mol. The second-order valence-electron chi connectivity index (χ2n) is 6.33.